The van der Waals surface area contributed by atoms with Gasteiger partial charge in [0.2, 0.25) is 5.91 Å². The van der Waals surface area contributed by atoms with Crippen LogP contribution in [0, 0.1) is 5.82 Å². The zero-order valence-electron chi connectivity index (χ0n) is 11.5. The quantitative estimate of drug-likeness (QED) is 0.904. The van der Waals surface area contributed by atoms with E-state index in [9.17, 15) is 14.0 Å². The topological polar surface area (TPSA) is 58.6 Å². The van der Waals surface area contributed by atoms with Gasteiger partial charge in [-0.2, -0.15) is 0 Å². The average molecular weight is 280 g/mol. The Morgan fingerprint density at radius 2 is 2.30 bits per heavy atom. The molecule has 1 N–H and O–H groups in total. The Labute approximate surface area is 116 Å². The summed E-state index contributed by atoms with van der Waals surface area (Å²) in [5.74, 6) is -1.01. The van der Waals surface area contributed by atoms with Crippen molar-refractivity contribution in [2.24, 2.45) is 0 Å². The molecule has 1 unspecified atom stereocenters. The van der Waals surface area contributed by atoms with Crippen LogP contribution in [0.1, 0.15) is 23.7 Å². The molecule has 2 rings (SSSR count). The number of benzene rings is 1. The van der Waals surface area contributed by atoms with Gasteiger partial charge in [-0.05, 0) is 24.6 Å². The number of amides is 2. The molecule has 1 heterocycles. The number of methoxy groups -OCH3 is 1. The average Bonchev–Trinajstić information content (AvgIpc) is 2.46. The van der Waals surface area contributed by atoms with Crippen LogP contribution in [0.3, 0.4) is 0 Å². The highest BCUT2D eigenvalue weighted by atomic mass is 19.1. The van der Waals surface area contributed by atoms with Crippen LogP contribution >= 0.6 is 0 Å². The minimum Gasteiger partial charge on any atom is -0.494 e. The number of rotatable bonds is 3. The maximum absolute atomic E-state index is 13.7. The highest BCUT2D eigenvalue weighted by Crippen LogP contribution is 2.20. The number of carbonyl (C=O) groups is 2. The van der Waals surface area contributed by atoms with Gasteiger partial charge in [-0.25, -0.2) is 4.39 Å². The first-order valence-electron chi connectivity index (χ1n) is 6.50. The van der Waals surface area contributed by atoms with E-state index in [4.69, 9.17) is 4.74 Å². The molecule has 1 aromatic carbocycles. The molecule has 1 fully saturated rings. The summed E-state index contributed by atoms with van der Waals surface area (Å²) in [4.78, 5) is 25.6. The minimum absolute atomic E-state index is 0.0879. The van der Waals surface area contributed by atoms with E-state index in [1.807, 2.05) is 6.92 Å². The number of nitrogens with zero attached hydrogens (tertiary/aromatic N) is 1. The Morgan fingerprint density at radius 3 is 2.90 bits per heavy atom. The van der Waals surface area contributed by atoms with E-state index in [1.165, 1.54) is 24.1 Å². The summed E-state index contributed by atoms with van der Waals surface area (Å²) in [6, 6.07) is 3.55. The van der Waals surface area contributed by atoms with Crippen LogP contribution in [0.5, 0.6) is 5.75 Å². The highest BCUT2D eigenvalue weighted by molar-refractivity contribution is 5.98. The van der Waals surface area contributed by atoms with Crippen LogP contribution in [0.4, 0.5) is 4.39 Å². The number of halogens is 1. The van der Waals surface area contributed by atoms with Crippen LogP contribution in [-0.2, 0) is 4.79 Å². The molecule has 108 valence electrons. The van der Waals surface area contributed by atoms with Gasteiger partial charge < -0.3 is 15.0 Å². The van der Waals surface area contributed by atoms with Gasteiger partial charge in [0.25, 0.3) is 5.91 Å². The number of carbonyl (C=O) groups excluding carboxylic acids is 2. The van der Waals surface area contributed by atoms with Crippen molar-refractivity contribution in [3.63, 3.8) is 0 Å². The molecule has 1 aromatic rings. The van der Waals surface area contributed by atoms with Crippen LogP contribution in [0.15, 0.2) is 18.2 Å². The smallest absolute Gasteiger partial charge is 0.254 e. The van der Waals surface area contributed by atoms with E-state index in [-0.39, 0.29) is 23.1 Å². The molecule has 1 atom stereocenters. The van der Waals surface area contributed by atoms with E-state index in [1.54, 1.807) is 0 Å². The Balaban J connectivity index is 2.25. The fraction of sp³-hybridized carbons (Fsp3) is 0.429. The van der Waals surface area contributed by atoms with Crippen molar-refractivity contribution >= 4 is 11.8 Å². The van der Waals surface area contributed by atoms with Crippen LogP contribution < -0.4 is 10.1 Å². The molecule has 6 heteroatoms. The summed E-state index contributed by atoms with van der Waals surface area (Å²) in [6.45, 7) is 2.68. The number of ether oxygens (including phenoxy) is 1. The molecule has 0 bridgehead atoms. The van der Waals surface area contributed by atoms with Crippen molar-refractivity contribution in [2.45, 2.75) is 19.4 Å². The molecule has 1 aliphatic rings. The summed E-state index contributed by atoms with van der Waals surface area (Å²) in [5, 5.41) is 2.72. The lowest BCUT2D eigenvalue weighted by atomic mass is 10.1. The van der Waals surface area contributed by atoms with Crippen molar-refractivity contribution < 1.29 is 18.7 Å². The molecule has 2 amide bonds. The number of hydrogen-bond donors (Lipinski definition) is 1. The maximum atomic E-state index is 13.7. The van der Waals surface area contributed by atoms with Gasteiger partial charge in [0, 0.05) is 18.7 Å². The van der Waals surface area contributed by atoms with Gasteiger partial charge in [-0.1, -0.05) is 6.92 Å². The largest absolute Gasteiger partial charge is 0.494 e. The first kappa shape index (κ1) is 14.3. The second kappa shape index (κ2) is 5.90. The number of nitrogens with one attached hydrogen (secondary N) is 1. The van der Waals surface area contributed by atoms with Crippen LogP contribution in [-0.4, -0.2) is 43.0 Å². The number of piperazine rings is 1. The van der Waals surface area contributed by atoms with E-state index in [0.29, 0.717) is 19.5 Å². The zero-order valence-corrected chi connectivity index (χ0v) is 11.5. The van der Waals surface area contributed by atoms with E-state index in [0.717, 1.165) is 6.07 Å². The molecule has 1 saturated heterocycles. The van der Waals surface area contributed by atoms with Gasteiger partial charge in [0.15, 0.2) is 11.6 Å². The van der Waals surface area contributed by atoms with Crippen LogP contribution in [0.2, 0.25) is 0 Å². The first-order chi connectivity index (χ1) is 9.58. The van der Waals surface area contributed by atoms with Crippen molar-refractivity contribution in [3.8, 4) is 5.75 Å². The predicted molar refractivity (Wildman–Crippen MR) is 71.1 cm³/mol. The second-order valence-electron chi connectivity index (χ2n) is 4.56. The monoisotopic (exact) mass is 280 g/mol. The molecule has 0 spiro atoms. The minimum atomic E-state index is -0.590. The van der Waals surface area contributed by atoms with Crippen molar-refractivity contribution in [1.29, 1.82) is 0 Å². The van der Waals surface area contributed by atoms with E-state index >= 15 is 0 Å². The van der Waals surface area contributed by atoms with Crippen molar-refractivity contribution in [3.05, 3.63) is 29.6 Å². The van der Waals surface area contributed by atoms with E-state index < -0.39 is 11.9 Å². The second-order valence-corrected chi connectivity index (χ2v) is 4.56. The Kier molecular flexibility index (Phi) is 4.22. The van der Waals surface area contributed by atoms with Gasteiger partial charge in [-0.3, -0.25) is 9.59 Å². The molecule has 20 heavy (non-hydrogen) atoms. The highest BCUT2D eigenvalue weighted by Gasteiger charge is 2.32. The van der Waals surface area contributed by atoms with Gasteiger partial charge in [-0.15, -0.1) is 0 Å². The molecule has 0 aliphatic carbocycles. The van der Waals surface area contributed by atoms with E-state index in [2.05, 4.69) is 5.32 Å². The first-order valence-corrected chi connectivity index (χ1v) is 6.50. The SMILES string of the molecule is CCC1C(=O)NCCN1C(=O)c1ccc(OC)c(F)c1. The van der Waals surface area contributed by atoms with Gasteiger partial charge in [0.1, 0.15) is 6.04 Å². The molecule has 1 aliphatic heterocycles. The summed E-state index contributed by atoms with van der Waals surface area (Å²) in [6.07, 6.45) is 0.524. The Hall–Kier alpha value is -2.11. The zero-order chi connectivity index (χ0) is 14.7. The normalized spacial score (nSPS) is 18.6. The summed E-state index contributed by atoms with van der Waals surface area (Å²) in [7, 11) is 1.36. The molecule has 0 aromatic heterocycles. The Bertz CT molecular complexity index is 533. The fourth-order valence-corrected chi connectivity index (χ4v) is 2.33. The molecular weight excluding hydrogens is 263 g/mol. The third kappa shape index (κ3) is 2.59. The van der Waals surface area contributed by atoms with Gasteiger partial charge >= 0.3 is 0 Å². The van der Waals surface area contributed by atoms with Crippen molar-refractivity contribution in [2.75, 3.05) is 20.2 Å². The Morgan fingerprint density at radius 1 is 1.55 bits per heavy atom. The lowest BCUT2D eigenvalue weighted by Crippen LogP contribution is -2.56. The van der Waals surface area contributed by atoms with Crippen LogP contribution in [0.25, 0.3) is 0 Å². The van der Waals surface area contributed by atoms with Crippen molar-refractivity contribution in [1.82, 2.24) is 10.2 Å². The molecule has 0 radical (unpaired) electrons. The molecule has 5 nitrogen and oxygen atoms in total. The number of hydrogen-bond acceptors (Lipinski definition) is 3. The lowest BCUT2D eigenvalue weighted by molar-refractivity contribution is -0.127. The molecule has 0 saturated carbocycles. The predicted octanol–water partition coefficient (Wildman–Crippen LogP) is 1.18. The maximum Gasteiger partial charge on any atom is 0.254 e. The lowest BCUT2D eigenvalue weighted by Gasteiger charge is -2.34. The summed E-state index contributed by atoms with van der Waals surface area (Å²) >= 11 is 0. The van der Waals surface area contributed by atoms with Gasteiger partial charge in [0.05, 0.1) is 7.11 Å². The fourth-order valence-electron chi connectivity index (χ4n) is 2.33. The third-order valence-electron chi connectivity index (χ3n) is 3.38. The summed E-state index contributed by atoms with van der Waals surface area (Å²) in [5.41, 5.74) is 0.219. The molecular formula is C14H17FN2O3. The summed E-state index contributed by atoms with van der Waals surface area (Å²) < 4.78 is 18.5. The standard InChI is InChI=1S/C14H17FN2O3/c1-3-11-13(18)16-6-7-17(11)14(19)9-4-5-12(20-2)10(15)8-9/h4-5,8,11H,3,6-7H2,1-2H3,(H,16,18). The third-order valence-corrected chi connectivity index (χ3v) is 3.38.